The smallest absolute Gasteiger partial charge is 0.233 e. The van der Waals surface area contributed by atoms with E-state index in [4.69, 9.17) is 0 Å². The first kappa shape index (κ1) is 13.3. The highest BCUT2D eigenvalue weighted by Crippen LogP contribution is 2.36. The topological polar surface area (TPSA) is 63.4 Å². The first-order valence-corrected chi connectivity index (χ1v) is 6.16. The van der Waals surface area contributed by atoms with Gasteiger partial charge in [-0.3, -0.25) is 14.9 Å². The SMILES string of the molecule is CN1CCC(/C=C/[N+](=O)[O-])(Cc2ccccc2)C1=O. The van der Waals surface area contributed by atoms with Crippen molar-refractivity contribution in [3.63, 3.8) is 0 Å². The zero-order valence-corrected chi connectivity index (χ0v) is 10.8. The second-order valence-corrected chi connectivity index (χ2v) is 4.90. The van der Waals surface area contributed by atoms with Crippen molar-refractivity contribution in [3.05, 3.63) is 58.3 Å². The number of carbonyl (C=O) groups excluding carboxylic acids is 1. The molecular weight excluding hydrogens is 244 g/mol. The average molecular weight is 260 g/mol. The van der Waals surface area contributed by atoms with Crippen LogP contribution in [0.2, 0.25) is 0 Å². The maximum Gasteiger partial charge on any atom is 0.233 e. The monoisotopic (exact) mass is 260 g/mol. The molecule has 1 aromatic carbocycles. The molecule has 1 heterocycles. The Labute approximate surface area is 111 Å². The fourth-order valence-electron chi connectivity index (χ4n) is 2.50. The van der Waals surface area contributed by atoms with Gasteiger partial charge in [-0.2, -0.15) is 0 Å². The van der Waals surface area contributed by atoms with Crippen molar-refractivity contribution < 1.29 is 9.72 Å². The van der Waals surface area contributed by atoms with E-state index in [0.717, 1.165) is 11.8 Å². The van der Waals surface area contributed by atoms with E-state index in [1.807, 2.05) is 30.3 Å². The zero-order valence-electron chi connectivity index (χ0n) is 10.8. The molecule has 5 nitrogen and oxygen atoms in total. The first-order chi connectivity index (χ1) is 9.03. The molecule has 100 valence electrons. The van der Waals surface area contributed by atoms with Crippen LogP contribution in [0, 0.1) is 15.5 Å². The van der Waals surface area contributed by atoms with Crippen molar-refractivity contribution in [2.24, 2.45) is 5.41 Å². The van der Waals surface area contributed by atoms with Gasteiger partial charge in [0.2, 0.25) is 12.1 Å². The predicted molar refractivity (Wildman–Crippen MR) is 71.0 cm³/mol. The molecule has 1 fully saturated rings. The second kappa shape index (κ2) is 5.22. The minimum atomic E-state index is -0.775. The zero-order chi connectivity index (χ0) is 13.9. The predicted octanol–water partition coefficient (Wildman–Crippen LogP) is 1.87. The number of hydrogen-bond acceptors (Lipinski definition) is 3. The van der Waals surface area contributed by atoms with Gasteiger partial charge in [0.05, 0.1) is 10.3 Å². The third-order valence-corrected chi connectivity index (χ3v) is 3.54. The lowest BCUT2D eigenvalue weighted by atomic mass is 9.80. The van der Waals surface area contributed by atoms with E-state index in [1.54, 1.807) is 11.9 Å². The number of rotatable bonds is 4. The van der Waals surface area contributed by atoms with Gasteiger partial charge in [0.15, 0.2) is 0 Å². The fourth-order valence-corrected chi connectivity index (χ4v) is 2.50. The fraction of sp³-hybridized carbons (Fsp3) is 0.357. The van der Waals surface area contributed by atoms with Crippen molar-refractivity contribution >= 4 is 5.91 Å². The maximum atomic E-state index is 12.3. The van der Waals surface area contributed by atoms with Crippen LogP contribution in [0.1, 0.15) is 12.0 Å². The van der Waals surface area contributed by atoms with Crippen LogP contribution >= 0.6 is 0 Å². The third-order valence-electron chi connectivity index (χ3n) is 3.54. The molecular formula is C14H16N2O3. The molecule has 0 radical (unpaired) electrons. The molecule has 0 spiro atoms. The van der Waals surface area contributed by atoms with Gasteiger partial charge in [-0.15, -0.1) is 0 Å². The molecule has 1 amide bonds. The third kappa shape index (κ3) is 2.81. The van der Waals surface area contributed by atoms with Crippen molar-refractivity contribution in [1.29, 1.82) is 0 Å². The summed E-state index contributed by atoms with van der Waals surface area (Å²) in [5.74, 6) is -0.0468. The van der Waals surface area contributed by atoms with Crippen molar-refractivity contribution in [1.82, 2.24) is 4.90 Å². The average Bonchev–Trinajstić information content (AvgIpc) is 2.67. The van der Waals surface area contributed by atoms with Gasteiger partial charge in [-0.25, -0.2) is 0 Å². The molecule has 0 aliphatic carbocycles. The van der Waals surface area contributed by atoms with Gasteiger partial charge in [0.25, 0.3) is 0 Å². The quantitative estimate of drug-likeness (QED) is 0.613. The molecule has 5 heteroatoms. The Morgan fingerprint density at radius 3 is 2.63 bits per heavy atom. The summed E-state index contributed by atoms with van der Waals surface area (Å²) < 4.78 is 0. The minimum Gasteiger partial charge on any atom is -0.345 e. The molecule has 0 N–H and O–H groups in total. The van der Waals surface area contributed by atoms with E-state index < -0.39 is 10.3 Å². The molecule has 0 saturated carbocycles. The Morgan fingerprint density at radius 1 is 1.42 bits per heavy atom. The number of hydrogen-bond donors (Lipinski definition) is 0. The molecule has 0 bridgehead atoms. The van der Waals surface area contributed by atoms with Crippen molar-refractivity contribution in [2.75, 3.05) is 13.6 Å². The highest BCUT2D eigenvalue weighted by atomic mass is 16.6. The van der Waals surface area contributed by atoms with Crippen LogP contribution in [0.5, 0.6) is 0 Å². The number of benzene rings is 1. The Balaban J connectivity index is 2.30. The van der Waals surface area contributed by atoms with Gasteiger partial charge in [-0.1, -0.05) is 30.3 Å². The molecule has 1 aliphatic rings. The van der Waals surface area contributed by atoms with E-state index in [0.29, 0.717) is 19.4 Å². The summed E-state index contributed by atoms with van der Waals surface area (Å²) in [5, 5.41) is 10.5. The normalized spacial score (nSPS) is 23.2. The number of amides is 1. The Hall–Kier alpha value is -2.17. The minimum absolute atomic E-state index is 0.0468. The van der Waals surface area contributed by atoms with E-state index in [9.17, 15) is 14.9 Å². The lowest BCUT2D eigenvalue weighted by molar-refractivity contribution is -0.403. The summed E-state index contributed by atoms with van der Waals surface area (Å²) in [6, 6.07) is 9.60. The summed E-state index contributed by atoms with van der Waals surface area (Å²) in [7, 11) is 1.73. The first-order valence-electron chi connectivity index (χ1n) is 6.16. The number of carbonyl (C=O) groups is 1. The van der Waals surface area contributed by atoms with Crippen LogP contribution in [0.4, 0.5) is 0 Å². The van der Waals surface area contributed by atoms with Crippen LogP contribution in [0.25, 0.3) is 0 Å². The van der Waals surface area contributed by atoms with Gasteiger partial charge in [0.1, 0.15) is 0 Å². The summed E-state index contributed by atoms with van der Waals surface area (Å²) in [5.41, 5.74) is 0.238. The summed E-state index contributed by atoms with van der Waals surface area (Å²) in [6.07, 6.45) is 3.45. The summed E-state index contributed by atoms with van der Waals surface area (Å²) >= 11 is 0. The number of nitro groups is 1. The standard InChI is InChI=1S/C14H16N2O3/c1-15-9-7-14(13(15)17,8-10-16(18)19)11-12-5-3-2-4-6-12/h2-6,8,10H,7,9,11H2,1H3/b10-8+. The Bertz CT molecular complexity index is 513. The van der Waals surface area contributed by atoms with Gasteiger partial charge < -0.3 is 4.90 Å². The molecule has 2 rings (SSSR count). The van der Waals surface area contributed by atoms with Gasteiger partial charge in [0, 0.05) is 19.7 Å². The molecule has 1 aliphatic heterocycles. The molecule has 1 atom stereocenters. The Kier molecular flexibility index (Phi) is 3.64. The lowest BCUT2D eigenvalue weighted by Gasteiger charge is -2.22. The summed E-state index contributed by atoms with van der Waals surface area (Å²) in [4.78, 5) is 23.9. The molecule has 1 unspecified atom stereocenters. The Morgan fingerprint density at radius 2 is 2.11 bits per heavy atom. The molecule has 0 aromatic heterocycles. The van der Waals surface area contributed by atoms with Crippen LogP contribution in [-0.4, -0.2) is 29.3 Å². The molecule has 1 aromatic rings. The number of likely N-dealkylation sites (tertiary alicyclic amines) is 1. The van der Waals surface area contributed by atoms with Gasteiger partial charge >= 0.3 is 0 Å². The van der Waals surface area contributed by atoms with E-state index in [2.05, 4.69) is 0 Å². The van der Waals surface area contributed by atoms with E-state index >= 15 is 0 Å². The van der Waals surface area contributed by atoms with Crippen LogP contribution in [-0.2, 0) is 11.2 Å². The number of nitrogens with zero attached hydrogens (tertiary/aromatic N) is 2. The van der Waals surface area contributed by atoms with Crippen LogP contribution in [0.15, 0.2) is 42.6 Å². The lowest BCUT2D eigenvalue weighted by Crippen LogP contribution is -2.33. The second-order valence-electron chi connectivity index (χ2n) is 4.90. The highest BCUT2D eigenvalue weighted by Gasteiger charge is 2.44. The van der Waals surface area contributed by atoms with Crippen molar-refractivity contribution in [2.45, 2.75) is 12.8 Å². The van der Waals surface area contributed by atoms with E-state index in [1.165, 1.54) is 6.08 Å². The van der Waals surface area contributed by atoms with Gasteiger partial charge in [-0.05, 0) is 18.4 Å². The summed E-state index contributed by atoms with van der Waals surface area (Å²) in [6.45, 7) is 0.633. The largest absolute Gasteiger partial charge is 0.345 e. The van der Waals surface area contributed by atoms with Crippen LogP contribution in [0.3, 0.4) is 0 Å². The molecule has 19 heavy (non-hydrogen) atoms. The van der Waals surface area contributed by atoms with Crippen LogP contribution < -0.4 is 0 Å². The maximum absolute atomic E-state index is 12.3. The van der Waals surface area contributed by atoms with Crippen molar-refractivity contribution in [3.8, 4) is 0 Å². The van der Waals surface area contributed by atoms with E-state index in [-0.39, 0.29) is 5.91 Å². The molecule has 1 saturated heterocycles. The highest BCUT2D eigenvalue weighted by molar-refractivity contribution is 5.86.